The molecule has 0 aromatic heterocycles. The van der Waals surface area contributed by atoms with E-state index in [4.69, 9.17) is 0 Å². The summed E-state index contributed by atoms with van der Waals surface area (Å²) in [4.78, 5) is 0. The lowest BCUT2D eigenvalue weighted by Gasteiger charge is -2.07. The molecule has 128 valence electrons. The van der Waals surface area contributed by atoms with Crippen LogP contribution in [0.3, 0.4) is 0 Å². The van der Waals surface area contributed by atoms with E-state index in [0.29, 0.717) is 5.56 Å². The van der Waals surface area contributed by atoms with Crippen LogP contribution in [-0.2, 0) is 0 Å². The SMILES string of the molecule is C\C=C/C=C(\C=C/C)c1cc(C#N)ccc1C#Cc1ccc(O)cc1C. The fraction of sp³-hybridized carbons (Fsp3) is 0.125. The van der Waals surface area contributed by atoms with E-state index >= 15 is 0 Å². The number of phenolic OH excluding ortho intramolecular Hbond substituents is 1. The van der Waals surface area contributed by atoms with Gasteiger partial charge >= 0.3 is 0 Å². The molecular formula is C24H21NO. The van der Waals surface area contributed by atoms with Gasteiger partial charge in [-0.1, -0.05) is 42.2 Å². The summed E-state index contributed by atoms with van der Waals surface area (Å²) in [5.74, 6) is 6.62. The summed E-state index contributed by atoms with van der Waals surface area (Å²) in [6, 6.07) is 12.8. The van der Waals surface area contributed by atoms with Crippen LogP contribution in [0.5, 0.6) is 5.75 Å². The Morgan fingerprint density at radius 3 is 2.38 bits per heavy atom. The van der Waals surface area contributed by atoms with Crippen LogP contribution in [0.4, 0.5) is 0 Å². The summed E-state index contributed by atoms with van der Waals surface area (Å²) in [6.45, 7) is 5.84. The molecule has 0 fully saturated rings. The first-order valence-corrected chi connectivity index (χ1v) is 8.41. The molecule has 2 aromatic carbocycles. The summed E-state index contributed by atoms with van der Waals surface area (Å²) < 4.78 is 0. The molecule has 0 radical (unpaired) electrons. The van der Waals surface area contributed by atoms with Gasteiger partial charge in [0, 0.05) is 11.1 Å². The highest BCUT2D eigenvalue weighted by molar-refractivity contribution is 5.80. The predicted octanol–water partition coefficient (Wildman–Crippen LogP) is 5.51. The molecule has 26 heavy (non-hydrogen) atoms. The zero-order chi connectivity index (χ0) is 18.9. The fourth-order valence-electron chi connectivity index (χ4n) is 2.50. The van der Waals surface area contributed by atoms with Crippen molar-refractivity contribution in [1.29, 1.82) is 5.26 Å². The normalized spacial score (nSPS) is 11.4. The number of allylic oxidation sites excluding steroid dienone is 6. The Kier molecular flexibility index (Phi) is 6.60. The number of hydrogen-bond donors (Lipinski definition) is 1. The summed E-state index contributed by atoms with van der Waals surface area (Å²) in [6.07, 6.45) is 9.91. The van der Waals surface area contributed by atoms with Crippen molar-refractivity contribution in [1.82, 2.24) is 0 Å². The van der Waals surface area contributed by atoms with Gasteiger partial charge < -0.3 is 5.11 Å². The van der Waals surface area contributed by atoms with E-state index in [9.17, 15) is 10.4 Å². The van der Waals surface area contributed by atoms with Crippen LogP contribution in [0.1, 0.15) is 41.7 Å². The summed E-state index contributed by atoms with van der Waals surface area (Å²) in [7, 11) is 0. The van der Waals surface area contributed by atoms with Gasteiger partial charge in [-0.2, -0.15) is 5.26 Å². The third-order valence-electron chi connectivity index (χ3n) is 3.82. The molecule has 0 spiro atoms. The minimum absolute atomic E-state index is 0.233. The van der Waals surface area contributed by atoms with Crippen molar-refractivity contribution in [3.63, 3.8) is 0 Å². The number of hydrogen-bond acceptors (Lipinski definition) is 2. The van der Waals surface area contributed by atoms with E-state index < -0.39 is 0 Å². The highest BCUT2D eigenvalue weighted by Gasteiger charge is 2.06. The van der Waals surface area contributed by atoms with E-state index in [1.807, 2.05) is 69.4 Å². The van der Waals surface area contributed by atoms with Gasteiger partial charge in [0.2, 0.25) is 0 Å². The average molecular weight is 339 g/mol. The molecule has 0 aliphatic carbocycles. The van der Waals surface area contributed by atoms with Crippen LogP contribution in [0.2, 0.25) is 0 Å². The van der Waals surface area contributed by atoms with E-state index in [-0.39, 0.29) is 5.75 Å². The van der Waals surface area contributed by atoms with Gasteiger partial charge in [0.1, 0.15) is 5.75 Å². The molecular weight excluding hydrogens is 318 g/mol. The molecule has 2 heteroatoms. The van der Waals surface area contributed by atoms with Crippen LogP contribution in [0.15, 0.2) is 66.8 Å². The smallest absolute Gasteiger partial charge is 0.115 e. The van der Waals surface area contributed by atoms with Crippen molar-refractivity contribution >= 4 is 5.57 Å². The van der Waals surface area contributed by atoms with Gasteiger partial charge in [-0.15, -0.1) is 0 Å². The standard InChI is InChI=1S/C24H21NO/c1-4-6-8-21(7-5-2)24-16-19(17-25)9-10-22(24)12-11-20-13-14-23(26)15-18(20)3/h4-10,13-16,26H,1-3H3/b6-4-,7-5-,21-8+. The minimum Gasteiger partial charge on any atom is -0.508 e. The Balaban J connectivity index is 2.60. The second kappa shape index (κ2) is 9.11. The molecule has 0 heterocycles. The Morgan fingerprint density at radius 1 is 1.00 bits per heavy atom. The molecule has 0 unspecified atom stereocenters. The highest BCUT2D eigenvalue weighted by Crippen LogP contribution is 2.23. The molecule has 0 amide bonds. The molecule has 0 saturated heterocycles. The number of aryl methyl sites for hydroxylation is 1. The van der Waals surface area contributed by atoms with Gasteiger partial charge in [0.15, 0.2) is 0 Å². The maximum atomic E-state index is 9.54. The first kappa shape index (κ1) is 18.8. The van der Waals surface area contributed by atoms with E-state index in [1.165, 1.54) is 0 Å². The number of phenols is 1. The Morgan fingerprint density at radius 2 is 1.73 bits per heavy atom. The lowest BCUT2D eigenvalue weighted by Crippen LogP contribution is -1.91. The van der Waals surface area contributed by atoms with Crippen LogP contribution in [0.25, 0.3) is 5.57 Å². The van der Waals surface area contributed by atoms with Gasteiger partial charge in [-0.25, -0.2) is 0 Å². The second-order valence-corrected chi connectivity index (χ2v) is 5.77. The van der Waals surface area contributed by atoms with Gasteiger partial charge in [0.25, 0.3) is 0 Å². The number of rotatable bonds is 3. The maximum absolute atomic E-state index is 9.54. The highest BCUT2D eigenvalue weighted by atomic mass is 16.3. The van der Waals surface area contributed by atoms with Crippen molar-refractivity contribution in [2.45, 2.75) is 20.8 Å². The second-order valence-electron chi connectivity index (χ2n) is 5.77. The van der Waals surface area contributed by atoms with Crippen LogP contribution < -0.4 is 0 Å². The summed E-state index contributed by atoms with van der Waals surface area (Å²) in [5.41, 5.74) is 5.15. The minimum atomic E-state index is 0.233. The first-order valence-electron chi connectivity index (χ1n) is 8.41. The Hall–Kier alpha value is -3.49. The lowest BCUT2D eigenvalue weighted by atomic mass is 9.96. The van der Waals surface area contributed by atoms with Crippen molar-refractivity contribution in [2.24, 2.45) is 0 Å². The quantitative estimate of drug-likeness (QED) is 0.592. The monoisotopic (exact) mass is 339 g/mol. The van der Waals surface area contributed by atoms with E-state index in [0.717, 1.165) is 27.8 Å². The number of benzene rings is 2. The van der Waals surface area contributed by atoms with Crippen LogP contribution in [0, 0.1) is 30.1 Å². The Bertz CT molecular complexity index is 989. The molecule has 0 saturated carbocycles. The maximum Gasteiger partial charge on any atom is 0.115 e. The molecule has 0 aliphatic heterocycles. The molecule has 0 atom stereocenters. The third-order valence-corrected chi connectivity index (χ3v) is 3.82. The lowest BCUT2D eigenvalue weighted by molar-refractivity contribution is 0.475. The molecule has 0 aliphatic rings. The van der Waals surface area contributed by atoms with E-state index in [2.05, 4.69) is 17.9 Å². The summed E-state index contributed by atoms with van der Waals surface area (Å²) >= 11 is 0. The fourth-order valence-corrected chi connectivity index (χ4v) is 2.50. The van der Waals surface area contributed by atoms with Crippen molar-refractivity contribution in [3.8, 4) is 23.7 Å². The average Bonchev–Trinajstić information content (AvgIpc) is 2.64. The van der Waals surface area contributed by atoms with Gasteiger partial charge in [0.05, 0.1) is 11.6 Å². The molecule has 2 nitrogen and oxygen atoms in total. The van der Waals surface area contributed by atoms with Gasteiger partial charge in [-0.3, -0.25) is 0 Å². The van der Waals surface area contributed by atoms with Gasteiger partial charge in [-0.05, 0) is 73.9 Å². The summed E-state index contributed by atoms with van der Waals surface area (Å²) in [5, 5.41) is 18.8. The van der Waals surface area contributed by atoms with Crippen molar-refractivity contribution < 1.29 is 5.11 Å². The largest absolute Gasteiger partial charge is 0.508 e. The zero-order valence-corrected chi connectivity index (χ0v) is 15.2. The predicted molar refractivity (Wildman–Crippen MR) is 108 cm³/mol. The van der Waals surface area contributed by atoms with Crippen LogP contribution in [-0.4, -0.2) is 5.11 Å². The Labute approximate surface area is 155 Å². The van der Waals surface area contributed by atoms with Crippen molar-refractivity contribution in [2.75, 3.05) is 0 Å². The number of aromatic hydroxyl groups is 1. The van der Waals surface area contributed by atoms with E-state index in [1.54, 1.807) is 18.2 Å². The molecule has 1 N–H and O–H groups in total. The molecule has 2 aromatic rings. The number of nitriles is 1. The van der Waals surface area contributed by atoms with Crippen LogP contribution >= 0.6 is 0 Å². The number of nitrogens with zero attached hydrogens (tertiary/aromatic N) is 1. The first-order chi connectivity index (χ1) is 12.6. The zero-order valence-electron chi connectivity index (χ0n) is 15.2. The molecule has 2 rings (SSSR count). The third kappa shape index (κ3) is 4.76. The van der Waals surface area contributed by atoms with Crippen molar-refractivity contribution in [3.05, 3.63) is 94.6 Å². The molecule has 0 bridgehead atoms. The topological polar surface area (TPSA) is 44.0 Å².